The van der Waals surface area contributed by atoms with E-state index in [1.54, 1.807) is 26.4 Å². The lowest BCUT2D eigenvalue weighted by Gasteiger charge is -2.22. The van der Waals surface area contributed by atoms with Crippen LogP contribution in [0.5, 0.6) is 11.5 Å². The lowest BCUT2D eigenvalue weighted by atomic mass is 10.1. The average molecular weight is 378 g/mol. The van der Waals surface area contributed by atoms with Gasteiger partial charge in [-0.1, -0.05) is 6.07 Å². The first-order valence-corrected chi connectivity index (χ1v) is 9.21. The van der Waals surface area contributed by atoms with E-state index in [2.05, 4.69) is 10.2 Å². The van der Waals surface area contributed by atoms with Crippen molar-refractivity contribution in [3.05, 3.63) is 60.1 Å². The first-order chi connectivity index (χ1) is 13.7. The summed E-state index contributed by atoms with van der Waals surface area (Å²) >= 11 is 0. The Balaban J connectivity index is 1.58. The Morgan fingerprint density at radius 3 is 2.89 bits per heavy atom. The Morgan fingerprint density at radius 2 is 2.07 bits per heavy atom. The third-order valence-electron chi connectivity index (χ3n) is 5.02. The molecule has 0 aliphatic carbocycles. The largest absolute Gasteiger partial charge is 0.497 e. The van der Waals surface area contributed by atoms with Crippen molar-refractivity contribution in [3.8, 4) is 11.5 Å². The molecule has 0 radical (unpaired) electrons. The second-order valence-electron chi connectivity index (χ2n) is 6.62. The molecule has 0 bridgehead atoms. The molecule has 0 saturated carbocycles. The second kappa shape index (κ2) is 7.72. The van der Waals surface area contributed by atoms with Crippen molar-refractivity contribution >= 4 is 17.6 Å². The number of carbonyl (C=O) groups excluding carboxylic acids is 1. The van der Waals surface area contributed by atoms with E-state index >= 15 is 0 Å². The normalized spacial score (nSPS) is 16.8. The predicted octanol–water partition coefficient (Wildman–Crippen LogP) is 3.12. The number of carbonyl (C=O) groups is 1. The maximum atomic E-state index is 12.9. The Bertz CT molecular complexity index is 1030. The molecule has 1 atom stereocenters. The molecule has 1 aliphatic heterocycles. The zero-order valence-electron chi connectivity index (χ0n) is 15.9. The smallest absolute Gasteiger partial charge is 0.247 e. The van der Waals surface area contributed by atoms with Crippen LogP contribution < -0.4 is 9.47 Å². The molecule has 1 saturated heterocycles. The number of rotatable bonds is 5. The molecule has 3 aromatic rings. The van der Waals surface area contributed by atoms with Crippen LogP contribution in [0.4, 0.5) is 0 Å². The van der Waals surface area contributed by atoms with Gasteiger partial charge in [0.25, 0.3) is 0 Å². The molecule has 28 heavy (non-hydrogen) atoms. The van der Waals surface area contributed by atoms with Gasteiger partial charge in [-0.25, -0.2) is 0 Å². The van der Waals surface area contributed by atoms with E-state index in [0.717, 1.165) is 29.9 Å². The van der Waals surface area contributed by atoms with Gasteiger partial charge >= 0.3 is 0 Å². The summed E-state index contributed by atoms with van der Waals surface area (Å²) in [4.78, 5) is 14.8. The van der Waals surface area contributed by atoms with Gasteiger partial charge in [0, 0.05) is 24.4 Å². The third kappa shape index (κ3) is 3.31. The topological polar surface area (TPSA) is 69.0 Å². The SMILES string of the molecule is COc1ccc(OC)c(C=CC(=O)N2CCCC2c2nnc3ccccn23)c1. The van der Waals surface area contributed by atoms with Gasteiger partial charge < -0.3 is 14.4 Å². The van der Waals surface area contributed by atoms with Gasteiger partial charge in [0.1, 0.15) is 11.5 Å². The number of amides is 1. The fourth-order valence-electron chi connectivity index (χ4n) is 3.61. The Morgan fingerprint density at radius 1 is 1.18 bits per heavy atom. The number of methoxy groups -OCH3 is 2. The molecule has 0 N–H and O–H groups in total. The van der Waals surface area contributed by atoms with E-state index in [-0.39, 0.29) is 11.9 Å². The first-order valence-electron chi connectivity index (χ1n) is 9.21. The van der Waals surface area contributed by atoms with Crippen molar-refractivity contribution in [3.63, 3.8) is 0 Å². The van der Waals surface area contributed by atoms with E-state index in [9.17, 15) is 4.79 Å². The van der Waals surface area contributed by atoms with Crippen LogP contribution in [0.1, 0.15) is 30.3 Å². The van der Waals surface area contributed by atoms with E-state index in [1.807, 2.05) is 51.9 Å². The second-order valence-corrected chi connectivity index (χ2v) is 6.62. The molecule has 4 rings (SSSR count). The van der Waals surface area contributed by atoms with Crippen LogP contribution in [0.2, 0.25) is 0 Å². The fourth-order valence-corrected chi connectivity index (χ4v) is 3.61. The maximum absolute atomic E-state index is 12.9. The molecule has 7 heteroatoms. The van der Waals surface area contributed by atoms with Crippen LogP contribution in [0.3, 0.4) is 0 Å². The molecule has 1 aliphatic rings. The van der Waals surface area contributed by atoms with Crippen molar-refractivity contribution in [1.29, 1.82) is 0 Å². The Labute approximate surface area is 163 Å². The molecule has 1 amide bonds. The molecule has 0 spiro atoms. The summed E-state index contributed by atoms with van der Waals surface area (Å²) in [5.74, 6) is 2.14. The number of fused-ring (bicyclic) bond motifs is 1. The summed E-state index contributed by atoms with van der Waals surface area (Å²) in [6.07, 6.45) is 7.09. The summed E-state index contributed by atoms with van der Waals surface area (Å²) in [6.45, 7) is 0.699. The van der Waals surface area contributed by atoms with E-state index in [0.29, 0.717) is 18.0 Å². The zero-order chi connectivity index (χ0) is 19.5. The summed E-state index contributed by atoms with van der Waals surface area (Å²) in [7, 11) is 3.21. The van der Waals surface area contributed by atoms with Crippen molar-refractivity contribution in [2.45, 2.75) is 18.9 Å². The Hall–Kier alpha value is -3.35. The number of likely N-dealkylation sites (tertiary alicyclic amines) is 1. The van der Waals surface area contributed by atoms with Crippen LogP contribution in [0.25, 0.3) is 11.7 Å². The summed E-state index contributed by atoms with van der Waals surface area (Å²) in [5.41, 5.74) is 1.58. The van der Waals surface area contributed by atoms with Crippen LogP contribution in [-0.2, 0) is 4.79 Å². The maximum Gasteiger partial charge on any atom is 0.247 e. The number of hydrogen-bond donors (Lipinski definition) is 0. The first kappa shape index (κ1) is 18.0. The Kier molecular flexibility index (Phi) is 4.97. The quantitative estimate of drug-likeness (QED) is 0.638. The highest BCUT2D eigenvalue weighted by atomic mass is 16.5. The van der Waals surface area contributed by atoms with Crippen LogP contribution in [-0.4, -0.2) is 46.2 Å². The van der Waals surface area contributed by atoms with Gasteiger partial charge in [-0.2, -0.15) is 0 Å². The van der Waals surface area contributed by atoms with Gasteiger partial charge in [-0.3, -0.25) is 9.20 Å². The monoisotopic (exact) mass is 378 g/mol. The highest BCUT2D eigenvalue weighted by molar-refractivity contribution is 5.92. The minimum absolute atomic E-state index is 0.0555. The number of aromatic nitrogens is 3. The molecule has 144 valence electrons. The highest BCUT2D eigenvalue weighted by Gasteiger charge is 2.32. The standard InChI is InChI=1S/C21H22N4O3/c1-27-16-9-10-18(28-2)15(14-16)8-11-20(26)24-13-5-6-17(24)21-23-22-19-7-3-4-12-25(19)21/h3-4,7-12,14,17H,5-6,13H2,1-2H3. The van der Waals surface area contributed by atoms with Crippen molar-refractivity contribution in [2.75, 3.05) is 20.8 Å². The number of pyridine rings is 1. The summed E-state index contributed by atoms with van der Waals surface area (Å²) in [6, 6.07) is 11.2. The van der Waals surface area contributed by atoms with Crippen LogP contribution in [0, 0.1) is 0 Å². The molecule has 1 fully saturated rings. The zero-order valence-corrected chi connectivity index (χ0v) is 15.9. The van der Waals surface area contributed by atoms with Gasteiger partial charge in [0.2, 0.25) is 5.91 Å². The molecule has 2 aromatic heterocycles. The average Bonchev–Trinajstić information content (AvgIpc) is 3.38. The van der Waals surface area contributed by atoms with Gasteiger partial charge in [0.15, 0.2) is 11.5 Å². The molecule has 1 unspecified atom stereocenters. The number of hydrogen-bond acceptors (Lipinski definition) is 5. The minimum atomic E-state index is -0.0817. The highest BCUT2D eigenvalue weighted by Crippen LogP contribution is 2.32. The van der Waals surface area contributed by atoms with Crippen molar-refractivity contribution < 1.29 is 14.3 Å². The molecular weight excluding hydrogens is 356 g/mol. The van der Waals surface area contributed by atoms with Gasteiger partial charge in [-0.15, -0.1) is 10.2 Å². The van der Waals surface area contributed by atoms with Crippen LogP contribution in [0.15, 0.2) is 48.7 Å². The minimum Gasteiger partial charge on any atom is -0.497 e. The third-order valence-corrected chi connectivity index (χ3v) is 5.02. The number of ether oxygens (including phenoxy) is 2. The van der Waals surface area contributed by atoms with Crippen LogP contribution >= 0.6 is 0 Å². The lowest BCUT2D eigenvalue weighted by Crippen LogP contribution is -2.30. The molecule has 7 nitrogen and oxygen atoms in total. The van der Waals surface area contributed by atoms with E-state index in [4.69, 9.17) is 9.47 Å². The van der Waals surface area contributed by atoms with Crippen molar-refractivity contribution in [1.82, 2.24) is 19.5 Å². The summed E-state index contributed by atoms with van der Waals surface area (Å²) in [5, 5.41) is 8.56. The fraction of sp³-hybridized carbons (Fsp3) is 0.286. The summed E-state index contributed by atoms with van der Waals surface area (Å²) < 4.78 is 12.6. The number of nitrogens with zero attached hydrogens (tertiary/aromatic N) is 4. The van der Waals surface area contributed by atoms with Gasteiger partial charge in [0.05, 0.1) is 20.3 Å². The molecule has 3 heterocycles. The lowest BCUT2D eigenvalue weighted by molar-refractivity contribution is -0.127. The van der Waals surface area contributed by atoms with E-state index < -0.39 is 0 Å². The number of benzene rings is 1. The molecular formula is C21H22N4O3. The van der Waals surface area contributed by atoms with E-state index in [1.165, 1.54) is 0 Å². The van der Waals surface area contributed by atoms with Crippen molar-refractivity contribution in [2.24, 2.45) is 0 Å². The molecule has 1 aromatic carbocycles. The van der Waals surface area contributed by atoms with Gasteiger partial charge in [-0.05, 0) is 49.2 Å². The predicted molar refractivity (Wildman–Crippen MR) is 105 cm³/mol.